The largest absolute Gasteiger partial charge is 0.370 e. The minimum atomic E-state index is -0.0299. The molecular formula is C22H31N5O. The molecule has 0 radical (unpaired) electrons. The Morgan fingerprint density at radius 3 is 2.00 bits per heavy atom. The van der Waals surface area contributed by atoms with Crippen LogP contribution in [0.4, 0.5) is 0 Å². The van der Waals surface area contributed by atoms with Crippen LogP contribution < -0.4 is 22.1 Å². The number of carbonyl (C=O) groups excluding carboxylic acids is 1. The number of nitrogens with two attached hydrogens (primary N) is 2. The second kappa shape index (κ2) is 9.90. The molecule has 2 rings (SSSR count). The van der Waals surface area contributed by atoms with E-state index in [1.807, 2.05) is 24.3 Å². The van der Waals surface area contributed by atoms with E-state index in [2.05, 4.69) is 60.7 Å². The van der Waals surface area contributed by atoms with Crippen molar-refractivity contribution in [3.8, 4) is 11.1 Å². The van der Waals surface area contributed by atoms with Crippen molar-refractivity contribution in [2.24, 2.45) is 16.5 Å². The lowest BCUT2D eigenvalue weighted by atomic mass is 10.0. The van der Waals surface area contributed by atoms with Crippen LogP contribution in [0, 0.1) is 0 Å². The van der Waals surface area contributed by atoms with Crippen LogP contribution in [0.15, 0.2) is 53.5 Å². The van der Waals surface area contributed by atoms with Gasteiger partial charge < -0.3 is 22.1 Å². The first kappa shape index (κ1) is 21.4. The van der Waals surface area contributed by atoms with E-state index in [1.165, 1.54) is 0 Å². The quantitative estimate of drug-likeness (QED) is 0.396. The van der Waals surface area contributed by atoms with Gasteiger partial charge in [0.25, 0.3) is 0 Å². The molecule has 6 heteroatoms. The third-order valence-electron chi connectivity index (χ3n) is 4.79. The summed E-state index contributed by atoms with van der Waals surface area (Å²) in [6.45, 7) is 7.60. The Balaban J connectivity index is 1.87. The zero-order chi connectivity index (χ0) is 20.6. The molecule has 0 aliphatic heterocycles. The van der Waals surface area contributed by atoms with Gasteiger partial charge >= 0.3 is 0 Å². The van der Waals surface area contributed by atoms with Gasteiger partial charge in [0.1, 0.15) is 0 Å². The third kappa shape index (κ3) is 7.04. The molecule has 0 bridgehead atoms. The molecule has 2 aromatic carbocycles. The minimum absolute atomic E-state index is 0.00182. The number of benzene rings is 2. The summed E-state index contributed by atoms with van der Waals surface area (Å²) in [5.74, 6) is 0.0959. The Morgan fingerprint density at radius 1 is 0.964 bits per heavy atom. The van der Waals surface area contributed by atoms with E-state index in [0.29, 0.717) is 19.6 Å². The molecule has 0 atom stereocenters. The topological polar surface area (TPSA) is 106 Å². The molecule has 1 amide bonds. The molecule has 28 heavy (non-hydrogen) atoms. The number of carbonyl (C=O) groups is 1. The van der Waals surface area contributed by atoms with Crippen molar-refractivity contribution in [3.63, 3.8) is 0 Å². The average molecular weight is 382 g/mol. The van der Waals surface area contributed by atoms with Gasteiger partial charge in [-0.2, -0.15) is 0 Å². The molecule has 0 saturated carbocycles. The van der Waals surface area contributed by atoms with E-state index in [0.717, 1.165) is 28.7 Å². The smallest absolute Gasteiger partial charge is 0.234 e. The van der Waals surface area contributed by atoms with Gasteiger partial charge in [0.15, 0.2) is 5.96 Å². The molecule has 150 valence electrons. The fraction of sp³-hybridized carbons (Fsp3) is 0.364. The summed E-state index contributed by atoms with van der Waals surface area (Å²) in [5.41, 5.74) is 15.0. The number of guanidine groups is 1. The molecule has 0 unspecified atom stereocenters. The fourth-order valence-electron chi connectivity index (χ4n) is 2.51. The van der Waals surface area contributed by atoms with Gasteiger partial charge in [0, 0.05) is 12.1 Å². The van der Waals surface area contributed by atoms with Crippen LogP contribution in [0.25, 0.3) is 11.1 Å². The number of aliphatic imine (C=N–C) groups is 1. The van der Waals surface area contributed by atoms with Crippen LogP contribution in [0.5, 0.6) is 0 Å². The first-order valence-corrected chi connectivity index (χ1v) is 9.54. The first-order chi connectivity index (χ1) is 13.3. The van der Waals surface area contributed by atoms with Gasteiger partial charge in [0.05, 0.1) is 13.1 Å². The zero-order valence-corrected chi connectivity index (χ0v) is 17.0. The van der Waals surface area contributed by atoms with Crippen molar-refractivity contribution in [1.82, 2.24) is 10.6 Å². The summed E-state index contributed by atoms with van der Waals surface area (Å²) in [6, 6.07) is 16.3. The van der Waals surface area contributed by atoms with Crippen molar-refractivity contribution in [3.05, 3.63) is 59.7 Å². The highest BCUT2D eigenvalue weighted by Gasteiger charge is 2.15. The highest BCUT2D eigenvalue weighted by Crippen LogP contribution is 2.20. The van der Waals surface area contributed by atoms with Gasteiger partial charge in [-0.3, -0.25) is 4.79 Å². The predicted molar refractivity (Wildman–Crippen MR) is 116 cm³/mol. The van der Waals surface area contributed by atoms with Gasteiger partial charge in [-0.1, -0.05) is 55.5 Å². The lowest BCUT2D eigenvalue weighted by Gasteiger charge is -2.24. The van der Waals surface area contributed by atoms with Crippen LogP contribution in [0.1, 0.15) is 38.3 Å². The van der Waals surface area contributed by atoms with Crippen molar-refractivity contribution >= 4 is 11.9 Å². The zero-order valence-electron chi connectivity index (χ0n) is 17.0. The second-order valence-corrected chi connectivity index (χ2v) is 7.50. The number of nitrogens with one attached hydrogen (secondary N) is 2. The average Bonchev–Trinajstić information content (AvgIpc) is 2.70. The van der Waals surface area contributed by atoms with Crippen molar-refractivity contribution in [2.75, 3.05) is 6.54 Å². The molecular weight excluding hydrogens is 350 g/mol. The van der Waals surface area contributed by atoms with E-state index in [1.54, 1.807) is 0 Å². The molecule has 0 saturated heterocycles. The molecule has 0 fully saturated rings. The highest BCUT2D eigenvalue weighted by atomic mass is 16.1. The maximum Gasteiger partial charge on any atom is 0.234 e. The molecule has 0 aromatic heterocycles. The maximum atomic E-state index is 12.0. The number of nitrogens with zero attached hydrogens (tertiary/aromatic N) is 1. The molecule has 6 nitrogen and oxygen atoms in total. The Hall–Kier alpha value is -2.86. The normalized spacial score (nSPS) is 11.1. The number of hydrogen-bond acceptors (Lipinski definition) is 3. The van der Waals surface area contributed by atoms with Crippen molar-refractivity contribution < 1.29 is 4.79 Å². The van der Waals surface area contributed by atoms with E-state index in [-0.39, 0.29) is 17.4 Å². The van der Waals surface area contributed by atoms with Crippen molar-refractivity contribution in [2.45, 2.75) is 45.8 Å². The summed E-state index contributed by atoms with van der Waals surface area (Å²) in [4.78, 5) is 16.0. The monoisotopic (exact) mass is 381 g/mol. The molecule has 0 heterocycles. The molecule has 2 aromatic rings. The van der Waals surface area contributed by atoms with Gasteiger partial charge in [-0.05, 0) is 42.5 Å². The number of rotatable bonds is 9. The molecule has 6 N–H and O–H groups in total. The summed E-state index contributed by atoms with van der Waals surface area (Å²) in [5, 5.41) is 6.21. The molecule has 0 spiro atoms. The molecule has 0 aliphatic carbocycles. The third-order valence-corrected chi connectivity index (χ3v) is 4.79. The minimum Gasteiger partial charge on any atom is -0.370 e. The van der Waals surface area contributed by atoms with Crippen LogP contribution >= 0.6 is 0 Å². The van der Waals surface area contributed by atoms with Gasteiger partial charge in [-0.25, -0.2) is 4.99 Å². The van der Waals surface area contributed by atoms with E-state index in [9.17, 15) is 4.79 Å². The summed E-state index contributed by atoms with van der Waals surface area (Å²) in [6.07, 6.45) is 0.969. The Kier molecular flexibility index (Phi) is 7.58. The maximum absolute atomic E-state index is 12.0. The van der Waals surface area contributed by atoms with E-state index < -0.39 is 0 Å². The van der Waals surface area contributed by atoms with Crippen LogP contribution in [-0.2, 0) is 17.9 Å². The Labute approximate surface area is 167 Å². The molecule has 0 aliphatic rings. The summed E-state index contributed by atoms with van der Waals surface area (Å²) >= 11 is 0. The summed E-state index contributed by atoms with van der Waals surface area (Å²) < 4.78 is 0. The fourth-order valence-corrected chi connectivity index (χ4v) is 2.51. The lowest BCUT2D eigenvalue weighted by molar-refractivity contribution is -0.120. The van der Waals surface area contributed by atoms with Crippen LogP contribution in [0.2, 0.25) is 0 Å². The van der Waals surface area contributed by atoms with Crippen LogP contribution in [0.3, 0.4) is 0 Å². The lowest BCUT2D eigenvalue weighted by Crippen LogP contribution is -2.44. The number of hydrogen-bond donors (Lipinski definition) is 4. The standard InChI is InChI=1S/C22H31N5O/c1-4-22(2,3)27-15-20(28)25-13-16-5-9-18(10-6-16)19-11-7-17(8-12-19)14-26-21(23)24/h5-12,27H,4,13-15H2,1-3H3,(H,25,28)(H4,23,24,26). The number of amides is 1. The second-order valence-electron chi connectivity index (χ2n) is 7.50. The van der Waals surface area contributed by atoms with E-state index >= 15 is 0 Å². The van der Waals surface area contributed by atoms with E-state index in [4.69, 9.17) is 11.5 Å². The van der Waals surface area contributed by atoms with Crippen LogP contribution in [-0.4, -0.2) is 24.0 Å². The first-order valence-electron chi connectivity index (χ1n) is 9.54. The Bertz CT molecular complexity index is 791. The van der Waals surface area contributed by atoms with Gasteiger partial charge in [0.2, 0.25) is 5.91 Å². The Morgan fingerprint density at radius 2 is 1.50 bits per heavy atom. The SMILES string of the molecule is CCC(C)(C)NCC(=O)NCc1ccc(-c2ccc(CN=C(N)N)cc2)cc1. The van der Waals surface area contributed by atoms with Crippen molar-refractivity contribution in [1.29, 1.82) is 0 Å². The summed E-state index contributed by atoms with van der Waals surface area (Å²) in [7, 11) is 0. The van der Waals surface area contributed by atoms with Gasteiger partial charge in [-0.15, -0.1) is 0 Å². The predicted octanol–water partition coefficient (Wildman–Crippen LogP) is 2.52. The highest BCUT2D eigenvalue weighted by molar-refractivity contribution is 5.78.